The maximum atomic E-state index is 9.19. The lowest BCUT2D eigenvalue weighted by molar-refractivity contribution is 0.147. The number of benzene rings is 1. The molecule has 158 valence electrons. The van der Waals surface area contributed by atoms with E-state index in [0.29, 0.717) is 11.1 Å². The van der Waals surface area contributed by atoms with E-state index in [1.54, 1.807) is 11.3 Å². The number of hydrogen-bond donors (Lipinski definition) is 0. The summed E-state index contributed by atoms with van der Waals surface area (Å²) in [5.41, 5.74) is 6.42. The maximum Gasteiger partial charge on any atom is 0.137 e. The van der Waals surface area contributed by atoms with Crippen molar-refractivity contribution < 1.29 is 0 Å². The molecule has 4 aromatic rings. The van der Waals surface area contributed by atoms with Gasteiger partial charge in [0.1, 0.15) is 11.7 Å². The Balaban J connectivity index is 1.60. The third-order valence-electron chi connectivity index (χ3n) is 5.99. The van der Waals surface area contributed by atoms with Crippen LogP contribution in [0.1, 0.15) is 16.8 Å². The molecule has 32 heavy (non-hydrogen) atoms. The Morgan fingerprint density at radius 1 is 0.938 bits per heavy atom. The Labute approximate surface area is 191 Å². The topological polar surface area (TPSA) is 71.4 Å². The van der Waals surface area contributed by atoms with Gasteiger partial charge >= 0.3 is 0 Å². The molecule has 0 saturated carbocycles. The zero-order valence-corrected chi connectivity index (χ0v) is 18.6. The van der Waals surface area contributed by atoms with Gasteiger partial charge in [-0.25, -0.2) is 4.98 Å². The highest BCUT2D eigenvalue weighted by molar-refractivity contribution is 7.13. The molecule has 0 bridgehead atoms. The van der Waals surface area contributed by atoms with Gasteiger partial charge in [0.25, 0.3) is 0 Å². The van der Waals surface area contributed by atoms with Gasteiger partial charge < -0.3 is 9.30 Å². The SMILES string of the molecule is CN1CCN(Cc2c(-c3ccc(C#N)cc3)nc3ccc(-c4cc(C#N)cs4)cn23)CC1. The van der Waals surface area contributed by atoms with Crippen LogP contribution in [0.2, 0.25) is 0 Å². The Bertz CT molecular complexity index is 1340. The zero-order chi connectivity index (χ0) is 22.1. The first-order valence-corrected chi connectivity index (χ1v) is 11.4. The molecule has 1 aliphatic rings. The third-order valence-corrected chi connectivity index (χ3v) is 6.97. The van der Waals surface area contributed by atoms with E-state index in [1.807, 2.05) is 41.8 Å². The molecule has 4 heterocycles. The lowest BCUT2D eigenvalue weighted by Crippen LogP contribution is -2.44. The van der Waals surface area contributed by atoms with Crippen LogP contribution in [0.4, 0.5) is 0 Å². The van der Waals surface area contributed by atoms with Crippen molar-refractivity contribution in [3.05, 3.63) is 70.9 Å². The normalized spacial score (nSPS) is 15.0. The maximum absolute atomic E-state index is 9.19. The summed E-state index contributed by atoms with van der Waals surface area (Å²) in [5, 5.41) is 20.2. The molecule has 0 spiro atoms. The van der Waals surface area contributed by atoms with Gasteiger partial charge in [0.05, 0.1) is 28.6 Å². The van der Waals surface area contributed by atoms with Crippen LogP contribution in [0.5, 0.6) is 0 Å². The molecule has 1 aromatic carbocycles. The van der Waals surface area contributed by atoms with Crippen molar-refractivity contribution in [2.75, 3.05) is 33.2 Å². The van der Waals surface area contributed by atoms with Crippen LogP contribution in [0.3, 0.4) is 0 Å². The number of likely N-dealkylation sites (N-methyl/N-ethyl adjacent to an activating group) is 1. The van der Waals surface area contributed by atoms with Crippen LogP contribution >= 0.6 is 11.3 Å². The highest BCUT2D eigenvalue weighted by Crippen LogP contribution is 2.31. The smallest absolute Gasteiger partial charge is 0.137 e. The van der Waals surface area contributed by atoms with E-state index >= 15 is 0 Å². The predicted octanol–water partition coefficient (Wildman–Crippen LogP) is 4.22. The molecule has 0 unspecified atom stereocenters. The van der Waals surface area contributed by atoms with Crippen LogP contribution in [0.15, 0.2) is 54.0 Å². The summed E-state index contributed by atoms with van der Waals surface area (Å²) in [6.45, 7) is 4.96. The fourth-order valence-corrected chi connectivity index (χ4v) is 4.91. The van der Waals surface area contributed by atoms with E-state index in [4.69, 9.17) is 10.2 Å². The summed E-state index contributed by atoms with van der Waals surface area (Å²) >= 11 is 1.58. The number of pyridine rings is 1. The number of piperazine rings is 1. The summed E-state index contributed by atoms with van der Waals surface area (Å²) in [6, 6.07) is 18.1. The minimum absolute atomic E-state index is 0.645. The van der Waals surface area contributed by atoms with Crippen LogP contribution < -0.4 is 0 Å². The number of thiophene rings is 1. The highest BCUT2D eigenvalue weighted by atomic mass is 32.1. The van der Waals surface area contributed by atoms with Gasteiger partial charge in [0.2, 0.25) is 0 Å². The number of fused-ring (bicyclic) bond motifs is 1. The molecule has 1 saturated heterocycles. The molecule has 0 radical (unpaired) electrons. The Morgan fingerprint density at radius 3 is 2.34 bits per heavy atom. The first kappa shape index (κ1) is 20.4. The van der Waals surface area contributed by atoms with Gasteiger partial charge in [0, 0.05) is 60.3 Å². The molecule has 3 aromatic heterocycles. The number of aromatic nitrogens is 2. The fraction of sp³-hybridized carbons (Fsp3) is 0.240. The molecule has 0 atom stereocenters. The lowest BCUT2D eigenvalue weighted by atomic mass is 10.1. The number of rotatable bonds is 4. The molecule has 1 aliphatic heterocycles. The quantitative estimate of drug-likeness (QED) is 0.477. The molecule has 0 aliphatic carbocycles. The first-order valence-electron chi connectivity index (χ1n) is 10.6. The second-order valence-corrected chi connectivity index (χ2v) is 9.04. The van der Waals surface area contributed by atoms with Crippen molar-refractivity contribution in [1.29, 1.82) is 10.5 Å². The molecule has 1 fully saturated rings. The Kier molecular flexibility index (Phi) is 5.46. The second kappa shape index (κ2) is 8.57. The van der Waals surface area contributed by atoms with E-state index in [2.05, 4.69) is 45.6 Å². The molecule has 5 rings (SSSR count). The summed E-state index contributed by atoms with van der Waals surface area (Å²) in [4.78, 5) is 10.9. The largest absolute Gasteiger partial charge is 0.304 e. The second-order valence-electron chi connectivity index (χ2n) is 8.13. The molecular weight excluding hydrogens is 416 g/mol. The van der Waals surface area contributed by atoms with Gasteiger partial charge in [0.15, 0.2) is 0 Å². The van der Waals surface area contributed by atoms with Crippen molar-refractivity contribution >= 4 is 17.0 Å². The summed E-state index contributed by atoms with van der Waals surface area (Å²) in [7, 11) is 2.16. The number of hydrogen-bond acceptors (Lipinski definition) is 6. The van der Waals surface area contributed by atoms with Crippen LogP contribution in [0.25, 0.3) is 27.3 Å². The lowest BCUT2D eigenvalue weighted by Gasteiger charge is -2.32. The van der Waals surface area contributed by atoms with Gasteiger partial charge in [-0.05, 0) is 37.4 Å². The van der Waals surface area contributed by atoms with Gasteiger partial charge in [-0.1, -0.05) is 12.1 Å². The van der Waals surface area contributed by atoms with E-state index in [9.17, 15) is 5.26 Å². The van der Waals surface area contributed by atoms with Crippen molar-refractivity contribution in [3.8, 4) is 33.8 Å². The summed E-state index contributed by atoms with van der Waals surface area (Å²) in [6.07, 6.45) is 2.13. The van der Waals surface area contributed by atoms with Crippen molar-refractivity contribution in [2.45, 2.75) is 6.54 Å². The average molecular weight is 439 g/mol. The molecule has 0 N–H and O–H groups in total. The average Bonchev–Trinajstić information content (AvgIpc) is 3.45. The van der Waals surface area contributed by atoms with E-state index in [0.717, 1.165) is 65.8 Å². The van der Waals surface area contributed by atoms with E-state index < -0.39 is 0 Å². The number of nitrogens with zero attached hydrogens (tertiary/aromatic N) is 6. The van der Waals surface area contributed by atoms with Crippen LogP contribution in [-0.2, 0) is 6.54 Å². The number of imidazole rings is 1. The monoisotopic (exact) mass is 438 g/mol. The minimum Gasteiger partial charge on any atom is -0.304 e. The van der Waals surface area contributed by atoms with Crippen molar-refractivity contribution in [1.82, 2.24) is 19.2 Å². The summed E-state index contributed by atoms with van der Waals surface area (Å²) < 4.78 is 2.19. The predicted molar refractivity (Wildman–Crippen MR) is 126 cm³/mol. The highest BCUT2D eigenvalue weighted by Gasteiger charge is 2.20. The van der Waals surface area contributed by atoms with Gasteiger partial charge in [-0.3, -0.25) is 4.90 Å². The molecular formula is C25H22N6S. The van der Waals surface area contributed by atoms with E-state index in [-0.39, 0.29) is 0 Å². The zero-order valence-electron chi connectivity index (χ0n) is 17.8. The first-order chi connectivity index (χ1) is 15.6. The number of nitriles is 2. The summed E-state index contributed by atoms with van der Waals surface area (Å²) in [5.74, 6) is 0. The van der Waals surface area contributed by atoms with Crippen LogP contribution in [0, 0.1) is 22.7 Å². The Morgan fingerprint density at radius 2 is 1.66 bits per heavy atom. The standard InChI is InChI=1S/C25H22N6S/c1-29-8-10-30(11-9-29)16-22-25(20-4-2-18(13-26)3-5-20)28-24-7-6-21(15-31(22)24)23-12-19(14-27)17-32-23/h2-7,12,15,17H,8-11,16H2,1H3. The fourth-order valence-electron chi connectivity index (χ4n) is 4.09. The molecule has 6 nitrogen and oxygen atoms in total. The molecule has 0 amide bonds. The minimum atomic E-state index is 0.645. The van der Waals surface area contributed by atoms with Gasteiger partial charge in [-0.15, -0.1) is 11.3 Å². The Hall–Kier alpha value is -3.49. The molecule has 7 heteroatoms. The van der Waals surface area contributed by atoms with Gasteiger partial charge in [-0.2, -0.15) is 10.5 Å². The van der Waals surface area contributed by atoms with Crippen molar-refractivity contribution in [3.63, 3.8) is 0 Å². The van der Waals surface area contributed by atoms with Crippen molar-refractivity contribution in [2.24, 2.45) is 0 Å². The third kappa shape index (κ3) is 3.90. The van der Waals surface area contributed by atoms with Crippen LogP contribution in [-0.4, -0.2) is 52.4 Å². The van der Waals surface area contributed by atoms with E-state index in [1.165, 1.54) is 0 Å².